The van der Waals surface area contributed by atoms with Gasteiger partial charge in [0.1, 0.15) is 23.3 Å². The molecule has 0 spiro atoms. The predicted octanol–water partition coefficient (Wildman–Crippen LogP) is 6.83. The van der Waals surface area contributed by atoms with Gasteiger partial charge in [0.25, 0.3) is 0 Å². The zero-order valence-corrected chi connectivity index (χ0v) is 20.8. The van der Waals surface area contributed by atoms with E-state index in [1.54, 1.807) is 37.4 Å². The molecule has 1 heterocycles. The Morgan fingerprint density at radius 1 is 1.06 bits per heavy atom. The van der Waals surface area contributed by atoms with Gasteiger partial charge in [0, 0.05) is 35.1 Å². The first kappa shape index (κ1) is 25.0. The molecule has 3 aromatic carbocycles. The maximum absolute atomic E-state index is 12.5. The second kappa shape index (κ2) is 11.5. The number of rotatable bonds is 9. The number of hydrogen-bond donors (Lipinski definition) is 1. The van der Waals surface area contributed by atoms with Crippen molar-refractivity contribution in [2.24, 2.45) is 0 Å². The Morgan fingerprint density at radius 3 is 2.50 bits per heavy atom. The molecule has 0 saturated heterocycles. The summed E-state index contributed by atoms with van der Waals surface area (Å²) < 4.78 is 18.4. The van der Waals surface area contributed by atoms with Crippen molar-refractivity contribution in [3.05, 3.63) is 72.3 Å². The molecule has 36 heavy (non-hydrogen) atoms. The number of halogens is 1. The summed E-state index contributed by atoms with van der Waals surface area (Å²) >= 11 is 5.76. The molecule has 0 radical (unpaired) electrons. The van der Waals surface area contributed by atoms with Crippen LogP contribution in [0.5, 0.6) is 17.2 Å². The molecule has 0 aliphatic rings. The van der Waals surface area contributed by atoms with Crippen LogP contribution >= 0.6 is 11.6 Å². The van der Waals surface area contributed by atoms with Crippen LogP contribution in [-0.4, -0.2) is 30.3 Å². The maximum Gasteiger partial charge on any atom is 0.417 e. The number of benzene rings is 3. The molecule has 4 rings (SSSR count). The lowest BCUT2D eigenvalue weighted by Gasteiger charge is -2.12. The molecular formula is C28H26ClN3O4. The number of hydrogen-bond acceptors (Lipinski definition) is 5. The molecule has 1 N–H and O–H groups in total. The van der Waals surface area contributed by atoms with E-state index in [4.69, 9.17) is 25.8 Å². The first-order valence-corrected chi connectivity index (χ1v) is 12.1. The van der Waals surface area contributed by atoms with E-state index in [1.807, 2.05) is 43.3 Å². The van der Waals surface area contributed by atoms with Gasteiger partial charge in [0.2, 0.25) is 0 Å². The quantitative estimate of drug-likeness (QED) is 0.200. The third-order valence-electron chi connectivity index (χ3n) is 5.66. The third kappa shape index (κ3) is 5.40. The van der Waals surface area contributed by atoms with Crippen LogP contribution in [-0.2, 0) is 6.54 Å². The SMILES string of the molecule is CCn1c(-c2cccc(NC(=O)Oc3ccc(OC)cc3)c2)c(C#N)c2ccc(OCCCCl)cc21. The van der Waals surface area contributed by atoms with Gasteiger partial charge in [-0.05, 0) is 61.9 Å². The summed E-state index contributed by atoms with van der Waals surface area (Å²) in [6.45, 7) is 3.20. The Labute approximate surface area is 214 Å². The minimum absolute atomic E-state index is 0.395. The molecule has 1 aromatic heterocycles. The summed E-state index contributed by atoms with van der Waals surface area (Å²) in [5.74, 6) is 2.33. The lowest BCUT2D eigenvalue weighted by molar-refractivity contribution is 0.215. The molecule has 0 aliphatic carbocycles. The van der Waals surface area contributed by atoms with Crippen LogP contribution in [0.3, 0.4) is 0 Å². The van der Waals surface area contributed by atoms with Crippen LogP contribution in [0.4, 0.5) is 10.5 Å². The number of aromatic nitrogens is 1. The van der Waals surface area contributed by atoms with E-state index in [2.05, 4.69) is 16.0 Å². The van der Waals surface area contributed by atoms with Gasteiger partial charge in [-0.2, -0.15) is 5.26 Å². The molecule has 8 heteroatoms. The summed E-state index contributed by atoms with van der Waals surface area (Å²) in [7, 11) is 1.57. The van der Waals surface area contributed by atoms with E-state index in [9.17, 15) is 10.1 Å². The van der Waals surface area contributed by atoms with Crippen LogP contribution in [0.1, 0.15) is 18.9 Å². The van der Waals surface area contributed by atoms with E-state index in [0.717, 1.165) is 34.3 Å². The highest BCUT2D eigenvalue weighted by atomic mass is 35.5. The van der Waals surface area contributed by atoms with Crippen molar-refractivity contribution in [1.82, 2.24) is 4.57 Å². The van der Waals surface area contributed by atoms with Crippen molar-refractivity contribution in [2.75, 3.05) is 24.9 Å². The zero-order chi connectivity index (χ0) is 25.5. The van der Waals surface area contributed by atoms with Crippen molar-refractivity contribution in [3.63, 3.8) is 0 Å². The lowest BCUT2D eigenvalue weighted by atomic mass is 10.1. The summed E-state index contributed by atoms with van der Waals surface area (Å²) in [5, 5.41) is 13.6. The highest BCUT2D eigenvalue weighted by molar-refractivity contribution is 6.17. The number of carbonyl (C=O) groups is 1. The smallest absolute Gasteiger partial charge is 0.417 e. The standard InChI is InChI=1S/C28H26ClN3O4/c1-3-32-26-17-23(35-15-5-14-29)12-13-24(26)25(18-30)27(32)19-6-4-7-20(16-19)31-28(33)36-22-10-8-21(34-2)9-11-22/h4,6-13,16-17H,3,5,14-15H2,1-2H3,(H,31,33). The first-order chi connectivity index (χ1) is 17.6. The van der Waals surface area contributed by atoms with Crippen molar-refractivity contribution >= 4 is 34.3 Å². The van der Waals surface area contributed by atoms with Crippen LogP contribution in [0, 0.1) is 11.3 Å². The Morgan fingerprint density at radius 2 is 1.81 bits per heavy atom. The topological polar surface area (TPSA) is 85.5 Å². The van der Waals surface area contributed by atoms with Gasteiger partial charge >= 0.3 is 6.09 Å². The van der Waals surface area contributed by atoms with E-state index < -0.39 is 6.09 Å². The van der Waals surface area contributed by atoms with E-state index in [1.165, 1.54) is 0 Å². The molecular weight excluding hydrogens is 478 g/mol. The first-order valence-electron chi connectivity index (χ1n) is 11.6. The van der Waals surface area contributed by atoms with Crippen LogP contribution in [0.2, 0.25) is 0 Å². The minimum atomic E-state index is -0.618. The van der Waals surface area contributed by atoms with Gasteiger partial charge in [-0.25, -0.2) is 4.79 Å². The molecule has 0 bridgehead atoms. The largest absolute Gasteiger partial charge is 0.497 e. The number of alkyl halides is 1. The molecule has 4 aromatic rings. The number of aryl methyl sites for hydroxylation is 1. The van der Waals surface area contributed by atoms with Gasteiger partial charge in [-0.15, -0.1) is 11.6 Å². The number of nitrogens with one attached hydrogen (secondary N) is 1. The van der Waals surface area contributed by atoms with Crippen LogP contribution in [0.15, 0.2) is 66.7 Å². The predicted molar refractivity (Wildman–Crippen MR) is 141 cm³/mol. The number of nitrogens with zero attached hydrogens (tertiary/aromatic N) is 2. The number of methoxy groups -OCH3 is 1. The van der Waals surface area contributed by atoms with Crippen molar-refractivity contribution in [1.29, 1.82) is 5.26 Å². The van der Waals surface area contributed by atoms with Crippen LogP contribution < -0.4 is 19.5 Å². The molecule has 0 fully saturated rings. The van der Waals surface area contributed by atoms with Crippen molar-refractivity contribution in [3.8, 4) is 34.6 Å². The zero-order valence-electron chi connectivity index (χ0n) is 20.1. The molecule has 184 valence electrons. The average Bonchev–Trinajstić information content (AvgIpc) is 3.22. The summed E-state index contributed by atoms with van der Waals surface area (Å²) in [5.41, 5.74) is 3.60. The lowest BCUT2D eigenvalue weighted by Crippen LogP contribution is -2.16. The second-order valence-corrected chi connectivity index (χ2v) is 8.30. The number of carbonyl (C=O) groups excluding carboxylic acids is 1. The molecule has 7 nitrogen and oxygen atoms in total. The maximum atomic E-state index is 12.5. The van der Waals surface area contributed by atoms with Gasteiger partial charge in [-0.1, -0.05) is 12.1 Å². The van der Waals surface area contributed by atoms with Gasteiger partial charge in [0.15, 0.2) is 0 Å². The molecule has 0 saturated carbocycles. The number of fused-ring (bicyclic) bond motifs is 1. The number of nitriles is 1. The fraction of sp³-hybridized carbons (Fsp3) is 0.214. The summed E-state index contributed by atoms with van der Waals surface area (Å²) in [4.78, 5) is 12.5. The van der Waals surface area contributed by atoms with Crippen LogP contribution in [0.25, 0.3) is 22.2 Å². The summed E-state index contributed by atoms with van der Waals surface area (Å²) in [6, 6.07) is 22.2. The number of anilines is 1. The highest BCUT2D eigenvalue weighted by Crippen LogP contribution is 2.36. The molecule has 0 atom stereocenters. The Bertz CT molecular complexity index is 1410. The monoisotopic (exact) mass is 503 g/mol. The van der Waals surface area contributed by atoms with Crippen molar-refractivity contribution < 1.29 is 19.0 Å². The third-order valence-corrected chi connectivity index (χ3v) is 5.93. The average molecular weight is 504 g/mol. The Hall–Kier alpha value is -4.15. The molecule has 0 aliphatic heterocycles. The number of ether oxygens (including phenoxy) is 3. The Balaban J connectivity index is 1.63. The van der Waals surface area contributed by atoms with Crippen molar-refractivity contribution in [2.45, 2.75) is 19.9 Å². The van der Waals surface area contributed by atoms with E-state index in [-0.39, 0.29) is 0 Å². The van der Waals surface area contributed by atoms with Gasteiger partial charge < -0.3 is 18.8 Å². The normalized spacial score (nSPS) is 10.6. The van der Waals surface area contributed by atoms with E-state index in [0.29, 0.717) is 41.8 Å². The van der Waals surface area contributed by atoms with Gasteiger partial charge in [0.05, 0.1) is 30.5 Å². The second-order valence-electron chi connectivity index (χ2n) is 7.92. The number of amides is 1. The molecule has 1 amide bonds. The minimum Gasteiger partial charge on any atom is -0.497 e. The fourth-order valence-corrected chi connectivity index (χ4v) is 4.15. The van der Waals surface area contributed by atoms with E-state index >= 15 is 0 Å². The fourth-order valence-electron chi connectivity index (χ4n) is 4.04. The highest BCUT2D eigenvalue weighted by Gasteiger charge is 2.19. The molecule has 0 unspecified atom stereocenters. The summed E-state index contributed by atoms with van der Waals surface area (Å²) in [6.07, 6.45) is 0.136. The Kier molecular flexibility index (Phi) is 7.99. The van der Waals surface area contributed by atoms with Gasteiger partial charge in [-0.3, -0.25) is 5.32 Å².